The van der Waals surface area contributed by atoms with E-state index in [9.17, 15) is 0 Å². The van der Waals surface area contributed by atoms with Crippen LogP contribution in [-0.2, 0) is 0 Å². The smallest absolute Gasteiger partial charge is 0.160 e. The van der Waals surface area contributed by atoms with E-state index in [0.29, 0.717) is 6.04 Å². The molecule has 0 spiro atoms. The second-order valence-electron chi connectivity index (χ2n) is 5.77. The van der Waals surface area contributed by atoms with Gasteiger partial charge in [-0.05, 0) is 51.2 Å². The van der Waals surface area contributed by atoms with E-state index in [1.54, 1.807) is 11.3 Å². The van der Waals surface area contributed by atoms with Gasteiger partial charge in [0.15, 0.2) is 11.5 Å². The molecule has 21 heavy (non-hydrogen) atoms. The molecule has 4 rings (SSSR count). The lowest BCUT2D eigenvalue weighted by molar-refractivity contribution is 0.395. The van der Waals surface area contributed by atoms with Crippen LogP contribution in [0.25, 0.3) is 21.9 Å². The number of pyridine rings is 1. The maximum Gasteiger partial charge on any atom is 0.160 e. The summed E-state index contributed by atoms with van der Waals surface area (Å²) in [6.07, 6.45) is 3.03. The van der Waals surface area contributed by atoms with Gasteiger partial charge in [0.25, 0.3) is 0 Å². The molecule has 0 amide bonds. The maximum atomic E-state index is 4.86. The summed E-state index contributed by atoms with van der Waals surface area (Å²) in [6.45, 7) is 4.35. The molecule has 1 atom stereocenters. The van der Waals surface area contributed by atoms with Crippen molar-refractivity contribution in [1.29, 1.82) is 0 Å². The molecule has 4 nitrogen and oxygen atoms in total. The van der Waals surface area contributed by atoms with E-state index < -0.39 is 0 Å². The number of hydrogen-bond acceptors (Lipinski definition) is 4. The fourth-order valence-electron chi connectivity index (χ4n) is 3.13. The van der Waals surface area contributed by atoms with Gasteiger partial charge < -0.3 is 9.47 Å². The molecule has 0 bridgehead atoms. The van der Waals surface area contributed by atoms with Crippen molar-refractivity contribution in [3.8, 4) is 10.7 Å². The molecular weight excluding hydrogens is 280 g/mol. The molecule has 1 aliphatic heterocycles. The second kappa shape index (κ2) is 4.93. The number of likely N-dealkylation sites (tertiary alicyclic amines) is 1. The molecule has 4 heterocycles. The normalized spacial score (nSPS) is 19.6. The van der Waals surface area contributed by atoms with Crippen LogP contribution in [0.2, 0.25) is 0 Å². The number of aryl methyl sites for hydroxylation is 1. The monoisotopic (exact) mass is 298 g/mol. The fraction of sp³-hybridized carbons (Fsp3) is 0.375. The van der Waals surface area contributed by atoms with Gasteiger partial charge in [-0.25, -0.2) is 9.97 Å². The van der Waals surface area contributed by atoms with E-state index in [2.05, 4.69) is 46.6 Å². The van der Waals surface area contributed by atoms with E-state index >= 15 is 0 Å². The van der Waals surface area contributed by atoms with E-state index in [-0.39, 0.29) is 0 Å². The molecule has 3 aromatic heterocycles. The van der Waals surface area contributed by atoms with Crippen molar-refractivity contribution in [2.75, 3.05) is 20.1 Å². The standard InChI is InChI=1S/C16H18N4S/c1-11-5-6-14(21-11)16-18-13-4-3-8-17-15(13)20(16)12-7-9-19(2)10-12/h3-6,8,12H,7,9-10H2,1-2H3. The van der Waals surface area contributed by atoms with Crippen LogP contribution in [-0.4, -0.2) is 39.6 Å². The zero-order chi connectivity index (χ0) is 14.4. The largest absolute Gasteiger partial charge is 0.304 e. The molecule has 3 aromatic rings. The molecule has 0 saturated carbocycles. The van der Waals surface area contributed by atoms with Gasteiger partial charge in [-0.3, -0.25) is 0 Å². The summed E-state index contributed by atoms with van der Waals surface area (Å²) in [5.74, 6) is 1.07. The Morgan fingerprint density at radius 3 is 2.90 bits per heavy atom. The first-order valence-corrected chi connectivity index (χ1v) is 8.12. The summed E-state index contributed by atoms with van der Waals surface area (Å²) < 4.78 is 2.35. The number of hydrogen-bond donors (Lipinski definition) is 0. The van der Waals surface area contributed by atoms with Gasteiger partial charge in [0.1, 0.15) is 5.52 Å². The van der Waals surface area contributed by atoms with Crippen LogP contribution in [0, 0.1) is 6.92 Å². The Hall–Kier alpha value is -1.72. The molecule has 0 N–H and O–H groups in total. The van der Waals surface area contributed by atoms with E-state index in [4.69, 9.17) is 4.98 Å². The minimum absolute atomic E-state index is 0.465. The van der Waals surface area contributed by atoms with Gasteiger partial charge in [-0.1, -0.05) is 0 Å². The van der Waals surface area contributed by atoms with E-state index in [1.807, 2.05) is 12.3 Å². The van der Waals surface area contributed by atoms with Crippen molar-refractivity contribution in [2.24, 2.45) is 0 Å². The van der Waals surface area contributed by atoms with Gasteiger partial charge in [-0.2, -0.15) is 0 Å². The Bertz CT molecular complexity index is 789. The number of likely N-dealkylation sites (N-methyl/N-ethyl adjacent to an activating group) is 1. The number of imidazole rings is 1. The van der Waals surface area contributed by atoms with Crippen molar-refractivity contribution >= 4 is 22.5 Å². The summed E-state index contributed by atoms with van der Waals surface area (Å²) >= 11 is 1.81. The van der Waals surface area contributed by atoms with Crippen LogP contribution >= 0.6 is 11.3 Å². The molecule has 1 aliphatic rings. The van der Waals surface area contributed by atoms with E-state index in [1.165, 1.54) is 9.75 Å². The predicted molar refractivity (Wildman–Crippen MR) is 86.7 cm³/mol. The zero-order valence-corrected chi connectivity index (χ0v) is 13.1. The first kappa shape index (κ1) is 13.0. The average Bonchev–Trinajstić information content (AvgIpc) is 3.16. The Morgan fingerprint density at radius 1 is 1.29 bits per heavy atom. The van der Waals surface area contributed by atoms with Crippen LogP contribution in [0.5, 0.6) is 0 Å². The van der Waals surface area contributed by atoms with Crippen molar-refractivity contribution in [3.05, 3.63) is 35.3 Å². The summed E-state index contributed by atoms with van der Waals surface area (Å²) in [7, 11) is 2.18. The molecule has 5 heteroatoms. The second-order valence-corrected chi connectivity index (χ2v) is 7.05. The average molecular weight is 298 g/mol. The first-order valence-electron chi connectivity index (χ1n) is 7.30. The minimum atomic E-state index is 0.465. The third kappa shape index (κ3) is 2.17. The summed E-state index contributed by atoms with van der Waals surface area (Å²) in [5.41, 5.74) is 2.01. The maximum absolute atomic E-state index is 4.86. The molecule has 0 aliphatic carbocycles. The third-order valence-corrected chi connectivity index (χ3v) is 5.14. The topological polar surface area (TPSA) is 34.0 Å². The van der Waals surface area contributed by atoms with Crippen molar-refractivity contribution < 1.29 is 0 Å². The highest BCUT2D eigenvalue weighted by Gasteiger charge is 2.26. The van der Waals surface area contributed by atoms with Crippen molar-refractivity contribution in [1.82, 2.24) is 19.4 Å². The van der Waals surface area contributed by atoms with Gasteiger partial charge in [0, 0.05) is 17.6 Å². The lowest BCUT2D eigenvalue weighted by Crippen LogP contribution is -2.17. The van der Waals surface area contributed by atoms with Crippen molar-refractivity contribution in [3.63, 3.8) is 0 Å². The molecule has 108 valence electrons. The van der Waals surface area contributed by atoms with Crippen LogP contribution < -0.4 is 0 Å². The Balaban J connectivity index is 1.93. The molecule has 0 radical (unpaired) electrons. The number of thiophene rings is 1. The highest BCUT2D eigenvalue weighted by molar-refractivity contribution is 7.15. The zero-order valence-electron chi connectivity index (χ0n) is 12.3. The van der Waals surface area contributed by atoms with Crippen molar-refractivity contribution in [2.45, 2.75) is 19.4 Å². The Morgan fingerprint density at radius 2 is 2.19 bits per heavy atom. The number of aromatic nitrogens is 3. The molecule has 1 saturated heterocycles. The van der Waals surface area contributed by atoms with Gasteiger partial charge >= 0.3 is 0 Å². The van der Waals surface area contributed by atoms with Gasteiger partial charge in [-0.15, -0.1) is 11.3 Å². The Labute approximate surface area is 128 Å². The summed E-state index contributed by atoms with van der Waals surface area (Å²) in [4.78, 5) is 14.4. The van der Waals surface area contributed by atoms with Crippen LogP contribution in [0.3, 0.4) is 0 Å². The number of rotatable bonds is 2. The highest BCUT2D eigenvalue weighted by atomic mass is 32.1. The first-order chi connectivity index (χ1) is 10.2. The minimum Gasteiger partial charge on any atom is -0.304 e. The van der Waals surface area contributed by atoms with Gasteiger partial charge in [0.2, 0.25) is 0 Å². The molecular formula is C16H18N4S. The summed E-state index contributed by atoms with van der Waals surface area (Å²) in [5, 5.41) is 0. The SMILES string of the molecule is Cc1ccc(-c2nc3cccnc3n2C2CCN(C)C2)s1. The number of fused-ring (bicyclic) bond motifs is 1. The molecule has 1 unspecified atom stereocenters. The van der Waals surface area contributed by atoms with Crippen LogP contribution in [0.1, 0.15) is 17.3 Å². The fourth-order valence-corrected chi connectivity index (χ4v) is 3.98. The van der Waals surface area contributed by atoms with Gasteiger partial charge in [0.05, 0.1) is 10.9 Å². The quantitative estimate of drug-likeness (QED) is 0.727. The lowest BCUT2D eigenvalue weighted by Gasteiger charge is -2.15. The Kier molecular flexibility index (Phi) is 3.05. The highest BCUT2D eigenvalue weighted by Crippen LogP contribution is 2.34. The number of nitrogens with zero attached hydrogens (tertiary/aromatic N) is 4. The summed E-state index contributed by atoms with van der Waals surface area (Å²) in [6, 6.07) is 8.83. The van der Waals surface area contributed by atoms with E-state index in [0.717, 1.165) is 36.5 Å². The van der Waals surface area contributed by atoms with Crippen LogP contribution in [0.4, 0.5) is 0 Å². The molecule has 0 aromatic carbocycles. The van der Waals surface area contributed by atoms with Crippen LogP contribution in [0.15, 0.2) is 30.5 Å². The molecule has 1 fully saturated rings. The third-order valence-electron chi connectivity index (χ3n) is 4.14. The predicted octanol–water partition coefficient (Wildman–Crippen LogP) is 3.34. The lowest BCUT2D eigenvalue weighted by atomic mass is 10.2.